The van der Waals surface area contributed by atoms with Crippen LogP contribution in [0.15, 0.2) is 52.7 Å². The molecule has 1 amide bonds. The zero-order valence-electron chi connectivity index (χ0n) is 14.5. The van der Waals surface area contributed by atoms with Crippen LogP contribution in [0.2, 0.25) is 0 Å². The van der Waals surface area contributed by atoms with Crippen molar-refractivity contribution in [2.45, 2.75) is 13.8 Å². The molecule has 3 rings (SSSR count). The summed E-state index contributed by atoms with van der Waals surface area (Å²) in [6, 6.07) is 12.3. The van der Waals surface area contributed by atoms with Gasteiger partial charge in [0.2, 0.25) is 5.78 Å². The van der Waals surface area contributed by atoms with Gasteiger partial charge in [-0.15, -0.1) is 0 Å². The topological polar surface area (TPSA) is 55.8 Å². The molecule has 0 spiro atoms. The molecule has 1 aliphatic heterocycles. The molecule has 0 N–H and O–H groups in total. The number of nitrogens with zero attached hydrogens (tertiary/aromatic N) is 1. The maximum atomic E-state index is 12.5. The maximum absolute atomic E-state index is 12.5. The van der Waals surface area contributed by atoms with Gasteiger partial charge in [0.15, 0.2) is 5.76 Å². The van der Waals surface area contributed by atoms with Crippen LogP contribution in [0, 0.1) is 0 Å². The zero-order chi connectivity index (χ0) is 18.7. The van der Waals surface area contributed by atoms with E-state index in [1.807, 2.05) is 38.1 Å². The highest BCUT2D eigenvalue weighted by Crippen LogP contribution is 2.35. The molecule has 6 heteroatoms. The molecule has 0 bridgehead atoms. The molecule has 0 aliphatic carbocycles. The number of fused-ring (bicyclic) bond motifs is 1. The van der Waals surface area contributed by atoms with Gasteiger partial charge in [0.25, 0.3) is 0 Å². The van der Waals surface area contributed by atoms with Gasteiger partial charge in [0.05, 0.1) is 5.56 Å². The number of ether oxygens (including phenoxy) is 2. The number of amides is 1. The summed E-state index contributed by atoms with van der Waals surface area (Å²) in [4.78, 5) is 26.1. The number of carbonyl (C=O) groups excluding carboxylic acids is 2. The minimum absolute atomic E-state index is 0.193. The Morgan fingerprint density at radius 3 is 2.65 bits per heavy atom. The van der Waals surface area contributed by atoms with E-state index in [0.717, 1.165) is 10.0 Å². The molecule has 0 atom stereocenters. The highest BCUT2D eigenvalue weighted by molar-refractivity contribution is 9.10. The highest BCUT2D eigenvalue weighted by Gasteiger charge is 2.28. The van der Waals surface area contributed by atoms with Gasteiger partial charge in [-0.05, 0) is 49.8 Å². The average Bonchev–Trinajstić information content (AvgIpc) is 2.91. The third-order valence-electron chi connectivity index (χ3n) is 4.01. The number of ketones is 1. The van der Waals surface area contributed by atoms with E-state index in [1.54, 1.807) is 29.2 Å². The molecule has 26 heavy (non-hydrogen) atoms. The Morgan fingerprint density at radius 2 is 1.96 bits per heavy atom. The molecule has 5 nitrogen and oxygen atoms in total. The average molecular weight is 416 g/mol. The van der Waals surface area contributed by atoms with Crippen LogP contribution in [-0.2, 0) is 0 Å². The van der Waals surface area contributed by atoms with Crippen LogP contribution in [0.5, 0.6) is 11.5 Å². The first-order valence-corrected chi connectivity index (χ1v) is 9.11. The van der Waals surface area contributed by atoms with Gasteiger partial charge in [-0.25, -0.2) is 4.79 Å². The first kappa shape index (κ1) is 18.2. The molecular formula is C20H18BrNO4. The minimum atomic E-state index is -0.427. The summed E-state index contributed by atoms with van der Waals surface area (Å²) in [5.41, 5.74) is 1.30. The standard InChI is InChI=1S/C20H18BrNO4/c1-3-22(4-2)20(24)25-15-8-9-16-17(12-15)26-18(19(16)23)11-13-6-5-7-14(21)10-13/h5-12H,3-4H2,1-2H3/b18-11+. The van der Waals surface area contributed by atoms with Crippen LogP contribution in [0.3, 0.4) is 0 Å². The summed E-state index contributed by atoms with van der Waals surface area (Å²) in [7, 11) is 0. The molecule has 0 saturated carbocycles. The minimum Gasteiger partial charge on any atom is -0.452 e. The van der Waals surface area contributed by atoms with Gasteiger partial charge in [-0.1, -0.05) is 28.1 Å². The third kappa shape index (κ3) is 3.80. The monoisotopic (exact) mass is 415 g/mol. The van der Waals surface area contributed by atoms with Crippen molar-refractivity contribution >= 4 is 33.9 Å². The Hall–Kier alpha value is -2.60. The molecule has 2 aromatic rings. The quantitative estimate of drug-likeness (QED) is 0.665. The number of allylic oxidation sites excluding steroid dienone is 1. The normalized spacial score (nSPS) is 14.1. The fourth-order valence-electron chi connectivity index (χ4n) is 2.63. The largest absolute Gasteiger partial charge is 0.452 e. The van der Waals surface area contributed by atoms with Crippen molar-refractivity contribution in [1.29, 1.82) is 0 Å². The van der Waals surface area contributed by atoms with Crippen molar-refractivity contribution in [1.82, 2.24) is 4.90 Å². The van der Waals surface area contributed by atoms with Gasteiger partial charge < -0.3 is 14.4 Å². The number of Topliss-reactive ketones (excluding diaryl/α,β-unsaturated/α-hetero) is 1. The lowest BCUT2D eigenvalue weighted by molar-refractivity contribution is 0.101. The fraction of sp³-hybridized carbons (Fsp3) is 0.200. The highest BCUT2D eigenvalue weighted by atomic mass is 79.9. The molecule has 1 heterocycles. The van der Waals surface area contributed by atoms with E-state index < -0.39 is 6.09 Å². The predicted molar refractivity (Wildman–Crippen MR) is 102 cm³/mol. The number of halogens is 1. The van der Waals surface area contributed by atoms with Crippen molar-refractivity contribution < 1.29 is 19.1 Å². The van der Waals surface area contributed by atoms with Crippen molar-refractivity contribution in [3.63, 3.8) is 0 Å². The van der Waals surface area contributed by atoms with Gasteiger partial charge in [-0.3, -0.25) is 4.79 Å². The molecule has 0 fully saturated rings. The van der Waals surface area contributed by atoms with Crippen molar-refractivity contribution in [3.05, 3.63) is 63.8 Å². The first-order chi connectivity index (χ1) is 12.5. The van der Waals surface area contributed by atoms with E-state index in [4.69, 9.17) is 9.47 Å². The zero-order valence-corrected chi connectivity index (χ0v) is 16.1. The van der Waals surface area contributed by atoms with Crippen LogP contribution in [0.1, 0.15) is 29.8 Å². The van der Waals surface area contributed by atoms with E-state index in [0.29, 0.717) is 30.2 Å². The molecule has 134 valence electrons. The number of carbonyl (C=O) groups is 2. The Kier molecular flexibility index (Phi) is 5.42. The van der Waals surface area contributed by atoms with E-state index in [-0.39, 0.29) is 11.5 Å². The molecule has 2 aromatic carbocycles. The predicted octanol–water partition coefficient (Wildman–Crippen LogP) is 4.91. The van der Waals surface area contributed by atoms with E-state index >= 15 is 0 Å². The Bertz CT molecular complexity index is 887. The van der Waals surface area contributed by atoms with Crippen molar-refractivity contribution in [3.8, 4) is 11.5 Å². The molecule has 0 unspecified atom stereocenters. The van der Waals surface area contributed by atoms with E-state index in [1.165, 1.54) is 0 Å². The van der Waals surface area contributed by atoms with Gasteiger partial charge in [0, 0.05) is 23.6 Å². The summed E-state index contributed by atoms with van der Waals surface area (Å²) in [5, 5.41) is 0. The third-order valence-corrected chi connectivity index (χ3v) is 4.51. The van der Waals surface area contributed by atoms with Crippen LogP contribution >= 0.6 is 15.9 Å². The second-order valence-corrected chi connectivity index (χ2v) is 6.61. The van der Waals surface area contributed by atoms with Gasteiger partial charge >= 0.3 is 6.09 Å². The number of rotatable bonds is 4. The summed E-state index contributed by atoms with van der Waals surface area (Å²) in [6.07, 6.45) is 1.26. The van der Waals surface area contributed by atoms with Gasteiger partial charge in [-0.2, -0.15) is 0 Å². The molecular weight excluding hydrogens is 398 g/mol. The summed E-state index contributed by atoms with van der Waals surface area (Å²) >= 11 is 3.40. The lowest BCUT2D eigenvalue weighted by Crippen LogP contribution is -2.33. The second-order valence-electron chi connectivity index (χ2n) is 5.69. The lowest BCUT2D eigenvalue weighted by atomic mass is 10.1. The van der Waals surface area contributed by atoms with Crippen molar-refractivity contribution in [2.75, 3.05) is 13.1 Å². The van der Waals surface area contributed by atoms with Crippen LogP contribution in [0.4, 0.5) is 4.79 Å². The van der Waals surface area contributed by atoms with Crippen LogP contribution in [0.25, 0.3) is 6.08 Å². The lowest BCUT2D eigenvalue weighted by Gasteiger charge is -2.17. The summed E-state index contributed by atoms with van der Waals surface area (Å²) < 4.78 is 12.0. The summed E-state index contributed by atoms with van der Waals surface area (Å²) in [5.74, 6) is 0.783. The summed E-state index contributed by atoms with van der Waals surface area (Å²) in [6.45, 7) is 4.89. The Labute approximate surface area is 160 Å². The number of hydrogen-bond acceptors (Lipinski definition) is 4. The molecule has 0 saturated heterocycles. The SMILES string of the molecule is CCN(CC)C(=O)Oc1ccc2c(c1)O/C(=C/c1cccc(Br)c1)C2=O. The molecule has 0 aromatic heterocycles. The smallest absolute Gasteiger partial charge is 0.415 e. The van der Waals surface area contributed by atoms with Crippen LogP contribution in [-0.4, -0.2) is 29.9 Å². The molecule has 0 radical (unpaired) electrons. The van der Waals surface area contributed by atoms with Crippen molar-refractivity contribution in [2.24, 2.45) is 0 Å². The maximum Gasteiger partial charge on any atom is 0.415 e. The van der Waals surface area contributed by atoms with E-state index in [2.05, 4.69) is 15.9 Å². The second kappa shape index (κ2) is 7.74. The van der Waals surface area contributed by atoms with E-state index in [9.17, 15) is 9.59 Å². The van der Waals surface area contributed by atoms with Gasteiger partial charge in [0.1, 0.15) is 11.5 Å². The number of hydrogen-bond donors (Lipinski definition) is 0. The van der Waals surface area contributed by atoms with Crippen LogP contribution < -0.4 is 9.47 Å². The first-order valence-electron chi connectivity index (χ1n) is 8.32. The molecule has 1 aliphatic rings. The Morgan fingerprint density at radius 1 is 1.19 bits per heavy atom. The Balaban J connectivity index is 1.81. The fourth-order valence-corrected chi connectivity index (χ4v) is 3.04. The number of benzene rings is 2.